The van der Waals surface area contributed by atoms with Crippen molar-refractivity contribution in [1.29, 1.82) is 0 Å². The van der Waals surface area contributed by atoms with E-state index in [2.05, 4.69) is 9.47 Å². The number of esters is 1. The molecule has 0 rings (SSSR count). The Morgan fingerprint density at radius 2 is 2.00 bits per heavy atom. The molecule has 10 heavy (non-hydrogen) atoms. The van der Waals surface area contributed by atoms with Gasteiger partial charge in [-0.1, -0.05) is 23.2 Å². The third-order valence-electron chi connectivity index (χ3n) is 0.810. The van der Waals surface area contributed by atoms with Gasteiger partial charge in [-0.15, -0.1) is 0 Å². The van der Waals surface area contributed by atoms with E-state index in [1.165, 1.54) is 14.2 Å². The molecule has 60 valence electrons. The molecule has 0 spiro atoms. The second-order valence-electron chi connectivity index (χ2n) is 1.63. The van der Waals surface area contributed by atoms with Crippen LogP contribution in [0.2, 0.25) is 0 Å². The summed E-state index contributed by atoms with van der Waals surface area (Å²) in [6.45, 7) is -0.0806. The average Bonchev–Trinajstić information content (AvgIpc) is 1.86. The quantitative estimate of drug-likeness (QED) is 0.488. The second kappa shape index (κ2) is 4.01. The standard InChI is InChI=1S/C5H8Cl2O3/c1-9-3-5(6,7)4(8)10-2/h3H2,1-2H3. The van der Waals surface area contributed by atoms with Crippen molar-refractivity contribution >= 4 is 29.2 Å². The lowest BCUT2D eigenvalue weighted by atomic mass is 10.4. The van der Waals surface area contributed by atoms with Crippen molar-refractivity contribution in [3.8, 4) is 0 Å². The number of ether oxygens (including phenoxy) is 2. The fourth-order valence-corrected chi connectivity index (χ4v) is 0.762. The maximum Gasteiger partial charge on any atom is 0.344 e. The van der Waals surface area contributed by atoms with Crippen LogP contribution in [0.5, 0.6) is 0 Å². The van der Waals surface area contributed by atoms with Crippen LogP contribution in [0.4, 0.5) is 0 Å². The molecule has 3 nitrogen and oxygen atoms in total. The third-order valence-corrected chi connectivity index (χ3v) is 1.34. The highest BCUT2D eigenvalue weighted by atomic mass is 35.5. The molecule has 5 heteroatoms. The number of methoxy groups -OCH3 is 2. The van der Waals surface area contributed by atoms with E-state index in [0.717, 1.165) is 0 Å². The van der Waals surface area contributed by atoms with E-state index < -0.39 is 10.3 Å². The number of carbonyl (C=O) groups excluding carboxylic acids is 1. The van der Waals surface area contributed by atoms with E-state index in [4.69, 9.17) is 23.2 Å². The van der Waals surface area contributed by atoms with Crippen LogP contribution in [0.15, 0.2) is 0 Å². The normalized spacial score (nSPS) is 11.2. The van der Waals surface area contributed by atoms with Gasteiger partial charge in [-0.3, -0.25) is 0 Å². The minimum atomic E-state index is -1.58. The lowest BCUT2D eigenvalue weighted by Gasteiger charge is -2.14. The molecule has 0 aliphatic carbocycles. The van der Waals surface area contributed by atoms with Crippen molar-refractivity contribution in [2.24, 2.45) is 0 Å². The van der Waals surface area contributed by atoms with Crippen molar-refractivity contribution in [2.45, 2.75) is 4.33 Å². The summed E-state index contributed by atoms with van der Waals surface area (Å²) in [7, 11) is 2.60. The van der Waals surface area contributed by atoms with Crippen molar-refractivity contribution in [3.05, 3.63) is 0 Å². The summed E-state index contributed by atoms with van der Waals surface area (Å²) in [6, 6.07) is 0. The molecule has 0 aliphatic heterocycles. The number of hydrogen-bond acceptors (Lipinski definition) is 3. The van der Waals surface area contributed by atoms with Crippen molar-refractivity contribution < 1.29 is 14.3 Å². The molecule has 0 amide bonds. The fraction of sp³-hybridized carbons (Fsp3) is 0.800. The molecule has 0 heterocycles. The van der Waals surface area contributed by atoms with Crippen molar-refractivity contribution in [3.63, 3.8) is 0 Å². The van der Waals surface area contributed by atoms with Gasteiger partial charge in [0.25, 0.3) is 0 Å². The van der Waals surface area contributed by atoms with Crippen molar-refractivity contribution in [1.82, 2.24) is 0 Å². The van der Waals surface area contributed by atoms with Gasteiger partial charge in [-0.05, 0) is 0 Å². The molecule has 0 saturated carbocycles. The molecular weight excluding hydrogens is 179 g/mol. The van der Waals surface area contributed by atoms with Gasteiger partial charge < -0.3 is 9.47 Å². The maximum atomic E-state index is 10.7. The van der Waals surface area contributed by atoms with Gasteiger partial charge in [0.15, 0.2) is 0 Å². The Morgan fingerprint density at radius 1 is 1.50 bits per heavy atom. The molecular formula is C5H8Cl2O3. The summed E-state index contributed by atoms with van der Waals surface area (Å²) >= 11 is 10.9. The molecule has 0 aromatic carbocycles. The zero-order valence-corrected chi connectivity index (χ0v) is 7.20. The Bertz CT molecular complexity index is 124. The lowest BCUT2D eigenvalue weighted by molar-refractivity contribution is -0.142. The summed E-state index contributed by atoms with van der Waals surface area (Å²) in [6.07, 6.45) is 0. The number of halogens is 2. The Labute approximate surface area is 69.2 Å². The van der Waals surface area contributed by atoms with Gasteiger partial charge >= 0.3 is 5.97 Å². The molecule has 0 bridgehead atoms. The van der Waals surface area contributed by atoms with Crippen LogP contribution < -0.4 is 0 Å². The molecule has 0 atom stereocenters. The minimum Gasteiger partial charge on any atom is -0.467 e. The molecule has 0 aromatic heterocycles. The first-order chi connectivity index (χ1) is 4.54. The number of hydrogen-bond donors (Lipinski definition) is 0. The van der Waals surface area contributed by atoms with Crippen LogP contribution >= 0.6 is 23.2 Å². The first-order valence-corrected chi connectivity index (χ1v) is 3.25. The van der Waals surface area contributed by atoms with E-state index in [-0.39, 0.29) is 6.61 Å². The Kier molecular flexibility index (Phi) is 4.01. The SMILES string of the molecule is COCC(Cl)(Cl)C(=O)OC. The average molecular weight is 187 g/mol. The van der Waals surface area contributed by atoms with E-state index in [0.29, 0.717) is 0 Å². The fourth-order valence-electron chi connectivity index (χ4n) is 0.390. The Balaban J connectivity index is 3.96. The van der Waals surface area contributed by atoms with Gasteiger partial charge in [-0.25, -0.2) is 4.79 Å². The molecule has 0 radical (unpaired) electrons. The van der Waals surface area contributed by atoms with Gasteiger partial charge in [0.1, 0.15) is 0 Å². The molecule has 0 N–H and O–H groups in total. The van der Waals surface area contributed by atoms with Crippen LogP contribution in [0.3, 0.4) is 0 Å². The topological polar surface area (TPSA) is 35.5 Å². The monoisotopic (exact) mass is 186 g/mol. The van der Waals surface area contributed by atoms with Gasteiger partial charge in [0.2, 0.25) is 4.33 Å². The van der Waals surface area contributed by atoms with Crippen LogP contribution in [-0.2, 0) is 14.3 Å². The zero-order valence-electron chi connectivity index (χ0n) is 5.69. The third kappa shape index (κ3) is 2.73. The summed E-state index contributed by atoms with van der Waals surface area (Å²) in [5.74, 6) is -0.710. The highest BCUT2D eigenvalue weighted by molar-refractivity contribution is 6.57. The number of alkyl halides is 2. The predicted octanol–water partition coefficient (Wildman–Crippen LogP) is 0.980. The largest absolute Gasteiger partial charge is 0.467 e. The first kappa shape index (κ1) is 10.0. The van der Waals surface area contributed by atoms with Gasteiger partial charge in [-0.2, -0.15) is 0 Å². The second-order valence-corrected chi connectivity index (χ2v) is 3.11. The van der Waals surface area contributed by atoms with Crippen LogP contribution in [0.25, 0.3) is 0 Å². The molecule has 0 aliphatic rings. The van der Waals surface area contributed by atoms with Crippen LogP contribution in [-0.4, -0.2) is 31.1 Å². The van der Waals surface area contributed by atoms with Crippen LogP contribution in [0.1, 0.15) is 0 Å². The summed E-state index contributed by atoms with van der Waals surface area (Å²) in [5.41, 5.74) is 0. The van der Waals surface area contributed by atoms with Gasteiger partial charge in [0.05, 0.1) is 13.7 Å². The smallest absolute Gasteiger partial charge is 0.344 e. The van der Waals surface area contributed by atoms with Crippen molar-refractivity contribution in [2.75, 3.05) is 20.8 Å². The Morgan fingerprint density at radius 3 is 2.30 bits per heavy atom. The number of rotatable bonds is 3. The molecule has 0 aromatic rings. The van der Waals surface area contributed by atoms with E-state index >= 15 is 0 Å². The lowest BCUT2D eigenvalue weighted by Crippen LogP contribution is -2.32. The summed E-state index contributed by atoms with van der Waals surface area (Å²) < 4.78 is 7.27. The number of carbonyl (C=O) groups is 1. The minimum absolute atomic E-state index is 0.0806. The zero-order chi connectivity index (χ0) is 8.20. The molecule has 0 fully saturated rings. The summed E-state index contributed by atoms with van der Waals surface area (Å²) in [5, 5.41) is 0. The predicted molar refractivity (Wildman–Crippen MR) is 38.3 cm³/mol. The highest BCUT2D eigenvalue weighted by Gasteiger charge is 2.34. The van der Waals surface area contributed by atoms with E-state index in [9.17, 15) is 4.79 Å². The Hall–Kier alpha value is 0.01000. The van der Waals surface area contributed by atoms with E-state index in [1.54, 1.807) is 0 Å². The van der Waals surface area contributed by atoms with E-state index in [1.807, 2.05) is 0 Å². The summed E-state index contributed by atoms with van der Waals surface area (Å²) in [4.78, 5) is 10.7. The maximum absolute atomic E-state index is 10.7. The highest BCUT2D eigenvalue weighted by Crippen LogP contribution is 2.22. The van der Waals surface area contributed by atoms with Gasteiger partial charge in [0, 0.05) is 7.11 Å². The van der Waals surface area contributed by atoms with Crippen LogP contribution in [0, 0.1) is 0 Å². The molecule has 0 saturated heterocycles. The first-order valence-electron chi connectivity index (χ1n) is 2.49. The molecule has 0 unspecified atom stereocenters.